The number of hydrogen-bond donors (Lipinski definition) is 2. The van der Waals surface area contributed by atoms with Crippen molar-refractivity contribution in [2.75, 3.05) is 5.32 Å². The molecule has 0 spiro atoms. The largest absolute Gasteiger partial charge is 0.322 e. The van der Waals surface area contributed by atoms with E-state index >= 15 is 0 Å². The van der Waals surface area contributed by atoms with Gasteiger partial charge in [0.1, 0.15) is 5.82 Å². The van der Waals surface area contributed by atoms with Crippen LogP contribution >= 0.6 is 0 Å². The molecule has 0 unspecified atom stereocenters. The first-order valence-electron chi connectivity index (χ1n) is 6.74. The lowest BCUT2D eigenvalue weighted by Crippen LogP contribution is -2.14. The van der Waals surface area contributed by atoms with E-state index < -0.39 is 11.7 Å². The van der Waals surface area contributed by atoms with Crippen molar-refractivity contribution in [3.63, 3.8) is 0 Å². The maximum atomic E-state index is 13.6. The molecule has 0 bridgehead atoms. The van der Waals surface area contributed by atoms with Gasteiger partial charge in [0.25, 0.3) is 11.5 Å². The van der Waals surface area contributed by atoms with Crippen LogP contribution in [-0.4, -0.2) is 10.9 Å². The molecule has 2 aromatic carbocycles. The lowest BCUT2D eigenvalue weighted by atomic mass is 10.1. The summed E-state index contributed by atoms with van der Waals surface area (Å²) in [6, 6.07) is 12.7. The van der Waals surface area contributed by atoms with Gasteiger partial charge in [0.15, 0.2) is 0 Å². The van der Waals surface area contributed by atoms with Crippen LogP contribution in [0, 0.1) is 12.7 Å². The zero-order valence-corrected chi connectivity index (χ0v) is 11.8. The number of rotatable bonds is 2. The van der Waals surface area contributed by atoms with Crippen molar-refractivity contribution in [1.82, 2.24) is 4.98 Å². The summed E-state index contributed by atoms with van der Waals surface area (Å²) in [5.74, 6) is -1.11. The van der Waals surface area contributed by atoms with Gasteiger partial charge in [0.05, 0.1) is 11.1 Å². The summed E-state index contributed by atoms with van der Waals surface area (Å²) in [5.41, 5.74) is 1.52. The normalized spacial score (nSPS) is 10.6. The van der Waals surface area contributed by atoms with E-state index in [1.165, 1.54) is 18.2 Å². The first-order chi connectivity index (χ1) is 10.5. The number of pyridine rings is 1. The molecule has 0 saturated carbocycles. The van der Waals surface area contributed by atoms with E-state index in [9.17, 15) is 14.0 Å². The second kappa shape index (κ2) is 5.44. The van der Waals surface area contributed by atoms with Gasteiger partial charge in [-0.2, -0.15) is 0 Å². The number of benzene rings is 2. The van der Waals surface area contributed by atoms with Crippen LogP contribution in [0.1, 0.15) is 15.9 Å². The minimum absolute atomic E-state index is 0.0278. The SMILES string of the molecule is Cc1cc2ccc(NC(=O)c3ccccc3F)cc2[nH]c1=O. The second-order valence-electron chi connectivity index (χ2n) is 5.02. The molecule has 4 nitrogen and oxygen atoms in total. The summed E-state index contributed by atoms with van der Waals surface area (Å²) in [7, 11) is 0. The Bertz CT molecular complexity index is 931. The number of halogens is 1. The third kappa shape index (κ3) is 2.61. The van der Waals surface area contributed by atoms with Gasteiger partial charge in [0.2, 0.25) is 0 Å². The van der Waals surface area contributed by atoms with Crippen molar-refractivity contribution in [2.24, 2.45) is 0 Å². The zero-order chi connectivity index (χ0) is 15.7. The predicted octanol–water partition coefficient (Wildman–Crippen LogP) is 3.23. The van der Waals surface area contributed by atoms with Gasteiger partial charge in [0, 0.05) is 11.3 Å². The van der Waals surface area contributed by atoms with Crippen molar-refractivity contribution >= 4 is 22.5 Å². The van der Waals surface area contributed by atoms with Gasteiger partial charge < -0.3 is 10.3 Å². The first-order valence-corrected chi connectivity index (χ1v) is 6.74. The van der Waals surface area contributed by atoms with Crippen LogP contribution in [0.5, 0.6) is 0 Å². The summed E-state index contributed by atoms with van der Waals surface area (Å²) in [6.07, 6.45) is 0. The number of hydrogen-bond acceptors (Lipinski definition) is 2. The molecular weight excluding hydrogens is 283 g/mol. The van der Waals surface area contributed by atoms with Crippen molar-refractivity contribution in [2.45, 2.75) is 6.92 Å². The maximum Gasteiger partial charge on any atom is 0.258 e. The van der Waals surface area contributed by atoms with Crippen LogP contribution in [0.2, 0.25) is 0 Å². The summed E-state index contributed by atoms with van der Waals surface area (Å²) >= 11 is 0. The smallest absolute Gasteiger partial charge is 0.258 e. The van der Waals surface area contributed by atoms with Crippen LogP contribution in [-0.2, 0) is 0 Å². The molecule has 1 heterocycles. The topological polar surface area (TPSA) is 62.0 Å². The Morgan fingerprint density at radius 2 is 1.91 bits per heavy atom. The molecule has 1 amide bonds. The Hall–Kier alpha value is -2.95. The number of H-pyrrole nitrogens is 1. The molecule has 5 heteroatoms. The summed E-state index contributed by atoms with van der Waals surface area (Å²) in [4.78, 5) is 26.5. The van der Waals surface area contributed by atoms with Gasteiger partial charge in [-0.25, -0.2) is 4.39 Å². The van der Waals surface area contributed by atoms with E-state index in [1.807, 2.05) is 0 Å². The van der Waals surface area contributed by atoms with Crippen molar-refractivity contribution in [1.29, 1.82) is 0 Å². The van der Waals surface area contributed by atoms with Crippen LogP contribution < -0.4 is 10.9 Å². The highest BCUT2D eigenvalue weighted by Gasteiger charge is 2.11. The molecule has 0 aliphatic rings. The molecule has 0 radical (unpaired) electrons. The highest BCUT2D eigenvalue weighted by Crippen LogP contribution is 2.18. The fourth-order valence-corrected chi connectivity index (χ4v) is 2.23. The number of aryl methyl sites for hydroxylation is 1. The molecule has 0 saturated heterocycles. The van der Waals surface area contributed by atoms with E-state index in [0.717, 1.165) is 5.39 Å². The molecule has 0 atom stereocenters. The molecule has 3 aromatic rings. The summed E-state index contributed by atoms with van der Waals surface area (Å²) in [5, 5.41) is 3.49. The molecule has 110 valence electrons. The molecule has 2 N–H and O–H groups in total. The molecule has 3 rings (SSSR count). The fraction of sp³-hybridized carbons (Fsp3) is 0.0588. The molecular formula is C17H13FN2O2. The Kier molecular flexibility index (Phi) is 3.47. The average Bonchev–Trinajstić information content (AvgIpc) is 2.49. The quantitative estimate of drug-likeness (QED) is 0.762. The third-order valence-electron chi connectivity index (χ3n) is 3.41. The summed E-state index contributed by atoms with van der Waals surface area (Å²) < 4.78 is 13.6. The Morgan fingerprint density at radius 3 is 2.68 bits per heavy atom. The third-order valence-corrected chi connectivity index (χ3v) is 3.41. The van der Waals surface area contributed by atoms with Crippen LogP contribution in [0.25, 0.3) is 10.9 Å². The number of nitrogens with one attached hydrogen (secondary N) is 2. The number of fused-ring (bicyclic) bond motifs is 1. The molecule has 0 aliphatic carbocycles. The van der Waals surface area contributed by atoms with Gasteiger partial charge in [-0.1, -0.05) is 18.2 Å². The first kappa shape index (κ1) is 14.0. The van der Waals surface area contributed by atoms with Crippen molar-refractivity contribution < 1.29 is 9.18 Å². The molecule has 0 aliphatic heterocycles. The lowest BCUT2D eigenvalue weighted by Gasteiger charge is -2.07. The Balaban J connectivity index is 1.94. The van der Waals surface area contributed by atoms with Gasteiger partial charge in [-0.3, -0.25) is 9.59 Å². The van der Waals surface area contributed by atoms with E-state index in [0.29, 0.717) is 16.8 Å². The van der Waals surface area contributed by atoms with E-state index in [2.05, 4.69) is 10.3 Å². The van der Waals surface area contributed by atoms with Crippen LogP contribution in [0.4, 0.5) is 10.1 Å². The number of anilines is 1. The molecule has 0 fully saturated rings. The van der Waals surface area contributed by atoms with E-state index in [4.69, 9.17) is 0 Å². The highest BCUT2D eigenvalue weighted by atomic mass is 19.1. The molecule has 22 heavy (non-hydrogen) atoms. The second-order valence-corrected chi connectivity index (χ2v) is 5.02. The standard InChI is InChI=1S/C17H13FN2O2/c1-10-8-11-6-7-12(9-15(11)20-16(10)21)19-17(22)13-4-2-3-5-14(13)18/h2-9H,1H3,(H,19,22)(H,20,21). The van der Waals surface area contributed by atoms with Crippen molar-refractivity contribution in [3.05, 3.63) is 75.8 Å². The number of carbonyl (C=O) groups excluding carboxylic acids is 1. The minimum atomic E-state index is -0.579. The Morgan fingerprint density at radius 1 is 1.14 bits per heavy atom. The van der Waals surface area contributed by atoms with Gasteiger partial charge in [-0.15, -0.1) is 0 Å². The van der Waals surface area contributed by atoms with E-state index in [-0.39, 0.29) is 11.1 Å². The highest BCUT2D eigenvalue weighted by molar-refractivity contribution is 6.05. The maximum absolute atomic E-state index is 13.6. The minimum Gasteiger partial charge on any atom is -0.322 e. The number of aromatic nitrogens is 1. The average molecular weight is 296 g/mol. The Labute approximate surface area is 125 Å². The van der Waals surface area contributed by atoms with Crippen molar-refractivity contribution in [3.8, 4) is 0 Å². The molecule has 1 aromatic heterocycles. The number of carbonyl (C=O) groups is 1. The van der Waals surface area contributed by atoms with Crippen LogP contribution in [0.3, 0.4) is 0 Å². The van der Waals surface area contributed by atoms with Crippen LogP contribution in [0.15, 0.2) is 53.3 Å². The fourth-order valence-electron chi connectivity index (χ4n) is 2.23. The predicted molar refractivity (Wildman–Crippen MR) is 83.7 cm³/mol. The lowest BCUT2D eigenvalue weighted by molar-refractivity contribution is 0.102. The number of aromatic amines is 1. The van der Waals surface area contributed by atoms with Gasteiger partial charge in [-0.05, 0) is 42.6 Å². The van der Waals surface area contributed by atoms with Gasteiger partial charge >= 0.3 is 0 Å². The monoisotopic (exact) mass is 296 g/mol. The van der Waals surface area contributed by atoms with E-state index in [1.54, 1.807) is 37.3 Å². The zero-order valence-electron chi connectivity index (χ0n) is 11.8. The number of amides is 1. The summed E-state index contributed by atoms with van der Waals surface area (Å²) in [6.45, 7) is 1.73.